The third-order valence-corrected chi connectivity index (χ3v) is 2.50. The van der Waals surface area contributed by atoms with Gasteiger partial charge in [0, 0.05) is 17.3 Å². The highest BCUT2D eigenvalue weighted by Crippen LogP contribution is 2.20. The fourth-order valence-corrected chi connectivity index (χ4v) is 1.52. The molecule has 0 saturated carbocycles. The topological polar surface area (TPSA) is 44.5 Å². The molecule has 0 bridgehead atoms. The number of benzene rings is 1. The fraction of sp³-hybridized carbons (Fsp3) is 0.400. The van der Waals surface area contributed by atoms with Gasteiger partial charge in [-0.15, -0.1) is 0 Å². The summed E-state index contributed by atoms with van der Waals surface area (Å²) in [6.45, 7) is 1.80. The number of halogens is 1. The molecule has 3 nitrogen and oxygen atoms in total. The third-order valence-electron chi connectivity index (χ3n) is 1.77. The predicted molar refractivity (Wildman–Crippen MR) is 60.1 cm³/mol. The number of anilines is 1. The number of nitrogen functional groups attached to an aromatic ring is 1. The SMILES string of the molecule is COCCOCc1ccc(N)cc1Br. The molecule has 0 aliphatic rings. The van der Waals surface area contributed by atoms with Crippen molar-refractivity contribution in [3.8, 4) is 0 Å². The molecule has 0 aromatic heterocycles. The molecule has 0 amide bonds. The lowest BCUT2D eigenvalue weighted by Crippen LogP contribution is -2.02. The summed E-state index contributed by atoms with van der Waals surface area (Å²) in [7, 11) is 1.66. The Labute approximate surface area is 92.3 Å². The van der Waals surface area contributed by atoms with E-state index in [1.165, 1.54) is 0 Å². The molecule has 0 spiro atoms. The first-order chi connectivity index (χ1) is 6.74. The molecule has 1 rings (SSSR count). The number of ether oxygens (including phenoxy) is 2. The van der Waals surface area contributed by atoms with Crippen molar-refractivity contribution in [2.75, 3.05) is 26.1 Å². The van der Waals surface area contributed by atoms with Crippen LogP contribution in [0.5, 0.6) is 0 Å². The smallest absolute Gasteiger partial charge is 0.0729 e. The van der Waals surface area contributed by atoms with Crippen LogP contribution in [-0.4, -0.2) is 20.3 Å². The Hall–Kier alpha value is -0.580. The molecular formula is C10H14BrNO2. The van der Waals surface area contributed by atoms with Crippen LogP contribution in [0.3, 0.4) is 0 Å². The molecule has 0 unspecified atom stereocenters. The van der Waals surface area contributed by atoms with Crippen molar-refractivity contribution in [1.29, 1.82) is 0 Å². The second-order valence-corrected chi connectivity index (χ2v) is 3.75. The minimum Gasteiger partial charge on any atom is -0.399 e. The van der Waals surface area contributed by atoms with Crippen molar-refractivity contribution >= 4 is 21.6 Å². The zero-order valence-corrected chi connectivity index (χ0v) is 9.71. The lowest BCUT2D eigenvalue weighted by Gasteiger charge is -2.06. The van der Waals surface area contributed by atoms with E-state index in [2.05, 4.69) is 15.9 Å². The first kappa shape index (κ1) is 11.5. The van der Waals surface area contributed by atoms with Gasteiger partial charge in [-0.1, -0.05) is 22.0 Å². The van der Waals surface area contributed by atoms with Gasteiger partial charge in [0.15, 0.2) is 0 Å². The van der Waals surface area contributed by atoms with Crippen LogP contribution in [0.2, 0.25) is 0 Å². The molecule has 0 heterocycles. The van der Waals surface area contributed by atoms with Gasteiger partial charge in [-0.2, -0.15) is 0 Å². The van der Waals surface area contributed by atoms with Crippen molar-refractivity contribution < 1.29 is 9.47 Å². The maximum atomic E-state index is 5.61. The van der Waals surface area contributed by atoms with E-state index in [1.54, 1.807) is 7.11 Å². The predicted octanol–water partition coefficient (Wildman–Crippen LogP) is 2.19. The Morgan fingerprint density at radius 2 is 2.14 bits per heavy atom. The van der Waals surface area contributed by atoms with Gasteiger partial charge in [0.05, 0.1) is 19.8 Å². The summed E-state index contributed by atoms with van der Waals surface area (Å²) < 4.78 is 11.2. The van der Waals surface area contributed by atoms with Gasteiger partial charge in [-0.05, 0) is 17.7 Å². The molecule has 14 heavy (non-hydrogen) atoms. The van der Waals surface area contributed by atoms with Crippen LogP contribution in [0, 0.1) is 0 Å². The largest absolute Gasteiger partial charge is 0.399 e. The van der Waals surface area contributed by atoms with Gasteiger partial charge in [0.1, 0.15) is 0 Å². The maximum absolute atomic E-state index is 5.61. The van der Waals surface area contributed by atoms with Crippen molar-refractivity contribution in [3.63, 3.8) is 0 Å². The number of hydrogen-bond donors (Lipinski definition) is 1. The second-order valence-electron chi connectivity index (χ2n) is 2.90. The van der Waals surface area contributed by atoms with Crippen LogP contribution in [-0.2, 0) is 16.1 Å². The quantitative estimate of drug-likeness (QED) is 0.652. The first-order valence-corrected chi connectivity index (χ1v) is 5.14. The fourth-order valence-electron chi connectivity index (χ4n) is 1.01. The second kappa shape index (κ2) is 6.01. The highest BCUT2D eigenvalue weighted by molar-refractivity contribution is 9.10. The normalized spacial score (nSPS) is 10.4. The number of methoxy groups -OCH3 is 1. The summed E-state index contributed by atoms with van der Waals surface area (Å²) in [5.74, 6) is 0. The Kier molecular flexibility index (Phi) is 4.93. The van der Waals surface area contributed by atoms with Crippen molar-refractivity contribution in [3.05, 3.63) is 28.2 Å². The average molecular weight is 260 g/mol. The van der Waals surface area contributed by atoms with Crippen LogP contribution in [0.4, 0.5) is 5.69 Å². The van der Waals surface area contributed by atoms with Crippen LogP contribution >= 0.6 is 15.9 Å². The summed E-state index contributed by atoms with van der Waals surface area (Å²) >= 11 is 3.43. The van der Waals surface area contributed by atoms with Gasteiger partial charge >= 0.3 is 0 Å². The molecule has 0 radical (unpaired) electrons. The summed E-state index contributed by atoms with van der Waals surface area (Å²) in [5, 5.41) is 0. The molecule has 78 valence electrons. The summed E-state index contributed by atoms with van der Waals surface area (Å²) in [5.41, 5.74) is 7.45. The Bertz CT molecular complexity index is 291. The molecular weight excluding hydrogens is 246 g/mol. The monoisotopic (exact) mass is 259 g/mol. The van der Waals surface area contributed by atoms with E-state index in [1.807, 2.05) is 18.2 Å². The number of nitrogens with two attached hydrogens (primary N) is 1. The van der Waals surface area contributed by atoms with E-state index in [9.17, 15) is 0 Å². The van der Waals surface area contributed by atoms with Gasteiger partial charge in [0.2, 0.25) is 0 Å². The van der Waals surface area contributed by atoms with E-state index < -0.39 is 0 Å². The summed E-state index contributed by atoms with van der Waals surface area (Å²) in [6.07, 6.45) is 0. The number of rotatable bonds is 5. The molecule has 2 N–H and O–H groups in total. The zero-order chi connectivity index (χ0) is 10.4. The van der Waals surface area contributed by atoms with Crippen LogP contribution in [0.1, 0.15) is 5.56 Å². The molecule has 4 heteroatoms. The van der Waals surface area contributed by atoms with Crippen molar-refractivity contribution in [1.82, 2.24) is 0 Å². The van der Waals surface area contributed by atoms with Crippen molar-refractivity contribution in [2.24, 2.45) is 0 Å². The van der Waals surface area contributed by atoms with Gasteiger partial charge < -0.3 is 15.2 Å². The molecule has 0 atom stereocenters. The number of hydrogen-bond acceptors (Lipinski definition) is 3. The summed E-state index contributed by atoms with van der Waals surface area (Å²) in [4.78, 5) is 0. The molecule has 0 saturated heterocycles. The van der Waals surface area contributed by atoms with E-state index in [0.717, 1.165) is 15.7 Å². The average Bonchev–Trinajstić information content (AvgIpc) is 2.15. The standard InChI is InChI=1S/C10H14BrNO2/c1-13-4-5-14-7-8-2-3-9(12)6-10(8)11/h2-3,6H,4-5,7,12H2,1H3. The molecule has 0 fully saturated rings. The van der Waals surface area contributed by atoms with Gasteiger partial charge in [-0.25, -0.2) is 0 Å². The zero-order valence-electron chi connectivity index (χ0n) is 8.13. The van der Waals surface area contributed by atoms with Crippen LogP contribution in [0.15, 0.2) is 22.7 Å². The minimum atomic E-state index is 0.574. The molecule has 1 aromatic carbocycles. The van der Waals surface area contributed by atoms with Crippen LogP contribution < -0.4 is 5.73 Å². The molecule has 0 aliphatic carbocycles. The maximum Gasteiger partial charge on any atom is 0.0729 e. The van der Waals surface area contributed by atoms with Crippen molar-refractivity contribution in [2.45, 2.75) is 6.61 Å². The Morgan fingerprint density at radius 3 is 2.79 bits per heavy atom. The van der Waals surface area contributed by atoms with Gasteiger partial charge in [-0.3, -0.25) is 0 Å². The van der Waals surface area contributed by atoms with E-state index >= 15 is 0 Å². The van der Waals surface area contributed by atoms with Crippen LogP contribution in [0.25, 0.3) is 0 Å². The Balaban J connectivity index is 2.42. The minimum absolute atomic E-state index is 0.574. The Morgan fingerprint density at radius 1 is 1.36 bits per heavy atom. The highest BCUT2D eigenvalue weighted by Gasteiger charge is 1.99. The van der Waals surface area contributed by atoms with Gasteiger partial charge in [0.25, 0.3) is 0 Å². The highest BCUT2D eigenvalue weighted by atomic mass is 79.9. The summed E-state index contributed by atoms with van der Waals surface area (Å²) in [6, 6.07) is 5.68. The van der Waals surface area contributed by atoms with E-state index in [4.69, 9.17) is 15.2 Å². The lowest BCUT2D eigenvalue weighted by molar-refractivity contribution is 0.0614. The first-order valence-electron chi connectivity index (χ1n) is 4.34. The molecule has 0 aliphatic heterocycles. The van der Waals surface area contributed by atoms with E-state index in [0.29, 0.717) is 19.8 Å². The van der Waals surface area contributed by atoms with E-state index in [-0.39, 0.29) is 0 Å². The third kappa shape index (κ3) is 3.65. The molecule has 1 aromatic rings. The lowest BCUT2D eigenvalue weighted by atomic mass is 10.2.